The zero-order valence-electron chi connectivity index (χ0n) is 11.4. The number of nitrogens with two attached hydrogens (primary N) is 1. The Morgan fingerprint density at radius 3 is 2.57 bits per heavy atom. The monoisotopic (exact) mass is 349 g/mol. The molecule has 0 aliphatic carbocycles. The number of nitrogens with one attached hydrogen (secondary N) is 1. The molecule has 0 amide bonds. The van der Waals surface area contributed by atoms with Crippen LogP contribution < -0.4 is 16.0 Å². The van der Waals surface area contributed by atoms with Crippen molar-refractivity contribution in [1.29, 1.82) is 0 Å². The Morgan fingerprint density at radius 1 is 1.19 bits per heavy atom. The molecule has 0 radical (unpaired) electrons. The number of rotatable bonds is 3. The summed E-state index contributed by atoms with van der Waals surface area (Å²) < 4.78 is 6.05. The molecule has 3 N–H and O–H groups in total. The SMILES string of the molecule is Nc1nc(Nc2ccc(N3CCOCC3)cc2)ncc1Br. The van der Waals surface area contributed by atoms with Gasteiger partial charge in [0.05, 0.1) is 17.7 Å². The fraction of sp³-hybridized carbons (Fsp3) is 0.286. The van der Waals surface area contributed by atoms with E-state index in [1.54, 1.807) is 6.20 Å². The van der Waals surface area contributed by atoms with Gasteiger partial charge in [-0.05, 0) is 40.2 Å². The molecule has 110 valence electrons. The minimum absolute atomic E-state index is 0.414. The van der Waals surface area contributed by atoms with Crippen molar-refractivity contribution in [2.75, 3.05) is 42.3 Å². The number of halogens is 1. The number of nitrogen functional groups attached to an aromatic ring is 1. The van der Waals surface area contributed by atoms with Crippen LogP contribution in [0.1, 0.15) is 0 Å². The van der Waals surface area contributed by atoms with Crippen molar-refractivity contribution >= 4 is 39.1 Å². The fourth-order valence-electron chi connectivity index (χ4n) is 2.15. The minimum atomic E-state index is 0.414. The Labute approximate surface area is 131 Å². The highest BCUT2D eigenvalue weighted by atomic mass is 79.9. The van der Waals surface area contributed by atoms with Crippen molar-refractivity contribution in [1.82, 2.24) is 9.97 Å². The minimum Gasteiger partial charge on any atom is -0.383 e. The molecule has 0 unspecified atom stereocenters. The molecule has 6 nitrogen and oxygen atoms in total. The molecule has 21 heavy (non-hydrogen) atoms. The van der Waals surface area contributed by atoms with Crippen LogP contribution in [0.4, 0.5) is 23.1 Å². The van der Waals surface area contributed by atoms with Crippen LogP contribution in [0.25, 0.3) is 0 Å². The molecule has 0 atom stereocenters. The number of benzene rings is 1. The van der Waals surface area contributed by atoms with E-state index in [0.717, 1.165) is 32.0 Å². The lowest BCUT2D eigenvalue weighted by Gasteiger charge is -2.28. The van der Waals surface area contributed by atoms with E-state index in [-0.39, 0.29) is 0 Å². The number of anilines is 4. The van der Waals surface area contributed by atoms with Crippen molar-refractivity contribution in [3.63, 3.8) is 0 Å². The Kier molecular flexibility index (Phi) is 4.21. The van der Waals surface area contributed by atoms with Gasteiger partial charge in [-0.25, -0.2) is 4.98 Å². The standard InChI is InChI=1S/C14H16BrN5O/c15-12-9-17-14(19-13(12)16)18-10-1-3-11(4-2-10)20-5-7-21-8-6-20/h1-4,9H,5-8H2,(H3,16,17,18,19). The van der Waals surface area contributed by atoms with Crippen molar-refractivity contribution in [3.8, 4) is 0 Å². The topological polar surface area (TPSA) is 76.3 Å². The van der Waals surface area contributed by atoms with Crippen LogP contribution in [0.15, 0.2) is 34.9 Å². The molecule has 1 saturated heterocycles. The Morgan fingerprint density at radius 2 is 1.90 bits per heavy atom. The van der Waals surface area contributed by atoms with E-state index < -0.39 is 0 Å². The predicted octanol–water partition coefficient (Wildman–Crippen LogP) is 2.40. The summed E-state index contributed by atoms with van der Waals surface area (Å²) in [5, 5.41) is 3.14. The van der Waals surface area contributed by atoms with E-state index in [2.05, 4.69) is 48.2 Å². The highest BCUT2D eigenvalue weighted by molar-refractivity contribution is 9.10. The first-order valence-electron chi connectivity index (χ1n) is 6.70. The number of hydrogen-bond donors (Lipinski definition) is 2. The summed E-state index contributed by atoms with van der Waals surface area (Å²) in [4.78, 5) is 10.6. The zero-order valence-corrected chi connectivity index (χ0v) is 13.0. The number of hydrogen-bond acceptors (Lipinski definition) is 6. The van der Waals surface area contributed by atoms with Gasteiger partial charge < -0.3 is 20.7 Å². The lowest BCUT2D eigenvalue weighted by Crippen LogP contribution is -2.36. The van der Waals surface area contributed by atoms with Crippen molar-refractivity contribution in [2.45, 2.75) is 0 Å². The third-order valence-electron chi connectivity index (χ3n) is 3.27. The van der Waals surface area contributed by atoms with Gasteiger partial charge in [-0.2, -0.15) is 4.98 Å². The normalized spacial score (nSPS) is 15.0. The molecule has 1 fully saturated rings. The summed E-state index contributed by atoms with van der Waals surface area (Å²) in [5.41, 5.74) is 7.86. The molecular weight excluding hydrogens is 334 g/mol. The first-order chi connectivity index (χ1) is 10.2. The largest absolute Gasteiger partial charge is 0.383 e. The van der Waals surface area contributed by atoms with Crippen LogP contribution in [0.3, 0.4) is 0 Å². The van der Waals surface area contributed by atoms with Gasteiger partial charge in [0.2, 0.25) is 5.95 Å². The number of morpholine rings is 1. The van der Waals surface area contributed by atoms with E-state index in [1.807, 2.05) is 12.1 Å². The lowest BCUT2D eigenvalue weighted by atomic mass is 10.2. The molecule has 1 aromatic carbocycles. The average molecular weight is 350 g/mol. The van der Waals surface area contributed by atoms with Crippen LogP contribution in [0, 0.1) is 0 Å². The molecule has 1 aromatic heterocycles. The highest BCUT2D eigenvalue weighted by Gasteiger charge is 2.10. The Balaban J connectivity index is 1.70. The van der Waals surface area contributed by atoms with Gasteiger partial charge in [0.15, 0.2) is 0 Å². The third-order valence-corrected chi connectivity index (χ3v) is 3.88. The van der Waals surface area contributed by atoms with E-state index in [0.29, 0.717) is 16.2 Å². The molecular formula is C14H16BrN5O. The van der Waals surface area contributed by atoms with Gasteiger partial charge in [-0.15, -0.1) is 0 Å². The zero-order chi connectivity index (χ0) is 14.7. The van der Waals surface area contributed by atoms with Gasteiger partial charge in [0, 0.05) is 30.7 Å². The van der Waals surface area contributed by atoms with Crippen molar-refractivity contribution in [2.24, 2.45) is 0 Å². The summed E-state index contributed by atoms with van der Waals surface area (Å²) in [6, 6.07) is 8.17. The second-order valence-electron chi connectivity index (χ2n) is 4.70. The van der Waals surface area contributed by atoms with E-state index >= 15 is 0 Å². The molecule has 2 heterocycles. The summed E-state index contributed by atoms with van der Waals surface area (Å²) in [5.74, 6) is 0.896. The highest BCUT2D eigenvalue weighted by Crippen LogP contribution is 2.22. The molecule has 3 rings (SSSR count). The van der Waals surface area contributed by atoms with Crippen LogP contribution >= 0.6 is 15.9 Å². The van der Waals surface area contributed by atoms with Crippen LogP contribution in [-0.2, 0) is 4.74 Å². The summed E-state index contributed by atoms with van der Waals surface area (Å²) in [6.45, 7) is 3.43. The van der Waals surface area contributed by atoms with Gasteiger partial charge >= 0.3 is 0 Å². The van der Waals surface area contributed by atoms with Gasteiger partial charge in [-0.3, -0.25) is 0 Å². The Hall–Kier alpha value is -1.86. The second kappa shape index (κ2) is 6.28. The number of aromatic nitrogens is 2. The molecule has 1 aliphatic rings. The summed E-state index contributed by atoms with van der Waals surface area (Å²) >= 11 is 3.27. The molecule has 7 heteroatoms. The summed E-state index contributed by atoms with van der Waals surface area (Å²) in [6.07, 6.45) is 1.63. The van der Waals surface area contributed by atoms with Crippen molar-refractivity contribution < 1.29 is 4.74 Å². The van der Waals surface area contributed by atoms with Crippen LogP contribution in [-0.4, -0.2) is 36.3 Å². The molecule has 0 bridgehead atoms. The third kappa shape index (κ3) is 3.43. The van der Waals surface area contributed by atoms with Crippen LogP contribution in [0.5, 0.6) is 0 Å². The molecule has 1 aliphatic heterocycles. The second-order valence-corrected chi connectivity index (χ2v) is 5.55. The first-order valence-corrected chi connectivity index (χ1v) is 7.49. The maximum Gasteiger partial charge on any atom is 0.229 e. The Bertz CT molecular complexity index is 613. The van der Waals surface area contributed by atoms with Gasteiger partial charge in [0.1, 0.15) is 5.82 Å². The first kappa shape index (κ1) is 14.1. The number of ether oxygens (including phenoxy) is 1. The maximum absolute atomic E-state index is 5.74. The van der Waals surface area contributed by atoms with E-state index in [9.17, 15) is 0 Å². The van der Waals surface area contributed by atoms with E-state index in [1.165, 1.54) is 5.69 Å². The van der Waals surface area contributed by atoms with E-state index in [4.69, 9.17) is 10.5 Å². The van der Waals surface area contributed by atoms with Crippen LogP contribution in [0.2, 0.25) is 0 Å². The van der Waals surface area contributed by atoms with Crippen molar-refractivity contribution in [3.05, 3.63) is 34.9 Å². The maximum atomic E-state index is 5.74. The van der Waals surface area contributed by atoms with Gasteiger partial charge in [0.25, 0.3) is 0 Å². The smallest absolute Gasteiger partial charge is 0.229 e. The summed E-state index contributed by atoms with van der Waals surface area (Å²) in [7, 11) is 0. The fourth-order valence-corrected chi connectivity index (χ4v) is 2.34. The predicted molar refractivity (Wildman–Crippen MR) is 86.9 cm³/mol. The van der Waals surface area contributed by atoms with Gasteiger partial charge in [-0.1, -0.05) is 0 Å². The average Bonchev–Trinajstić information content (AvgIpc) is 2.53. The lowest BCUT2D eigenvalue weighted by molar-refractivity contribution is 0.122. The molecule has 2 aromatic rings. The molecule has 0 spiro atoms. The number of nitrogens with zero attached hydrogens (tertiary/aromatic N) is 3. The quantitative estimate of drug-likeness (QED) is 0.885. The molecule has 0 saturated carbocycles.